The van der Waals surface area contributed by atoms with Crippen molar-refractivity contribution >= 4 is 35.6 Å². The van der Waals surface area contributed by atoms with E-state index < -0.39 is 0 Å². The number of nitrogens with one attached hydrogen (secondary N) is 1. The number of hydrogen-bond acceptors (Lipinski definition) is 3. The summed E-state index contributed by atoms with van der Waals surface area (Å²) in [5.74, 6) is 1.92. The molecule has 3 heterocycles. The number of aromatic nitrogens is 2. The molecule has 0 saturated carbocycles. The summed E-state index contributed by atoms with van der Waals surface area (Å²) in [6.45, 7) is 4.81. The number of hydrogen-bond donors (Lipinski definition) is 1. The van der Waals surface area contributed by atoms with Crippen LogP contribution in [-0.2, 0) is 6.42 Å². The maximum Gasteiger partial charge on any atom is 0.193 e. The smallest absolute Gasteiger partial charge is 0.193 e. The fourth-order valence-corrected chi connectivity index (χ4v) is 3.84. The number of ether oxygens (including phenoxy) is 1. The highest BCUT2D eigenvalue weighted by Crippen LogP contribution is 2.18. The monoisotopic (exact) mass is 519 g/mol. The third-order valence-corrected chi connectivity index (χ3v) is 5.39. The number of rotatable bonds is 5. The Kier molecular flexibility index (Phi) is 7.95. The van der Waals surface area contributed by atoms with Crippen LogP contribution in [0.1, 0.15) is 24.1 Å². The quantitative estimate of drug-likeness (QED) is 0.316. The second kappa shape index (κ2) is 10.7. The number of fused-ring (bicyclic) bond motifs is 1. The van der Waals surface area contributed by atoms with Gasteiger partial charge in [0, 0.05) is 58.3 Å². The van der Waals surface area contributed by atoms with E-state index in [4.69, 9.17) is 9.72 Å². The van der Waals surface area contributed by atoms with E-state index in [1.165, 1.54) is 5.56 Å². The van der Waals surface area contributed by atoms with Gasteiger partial charge in [0.15, 0.2) is 5.96 Å². The molecule has 0 bridgehead atoms. The summed E-state index contributed by atoms with van der Waals surface area (Å²) >= 11 is 0. The van der Waals surface area contributed by atoms with E-state index in [2.05, 4.69) is 44.9 Å². The van der Waals surface area contributed by atoms with Crippen LogP contribution in [0.2, 0.25) is 0 Å². The molecule has 0 amide bonds. The second-order valence-electron chi connectivity index (χ2n) is 7.50. The van der Waals surface area contributed by atoms with Crippen LogP contribution in [0.25, 0.3) is 5.65 Å². The Balaban J connectivity index is 0.00000256. The second-order valence-corrected chi connectivity index (χ2v) is 7.50. The molecule has 0 aliphatic carbocycles. The summed E-state index contributed by atoms with van der Waals surface area (Å²) < 4.78 is 8.19. The van der Waals surface area contributed by atoms with Gasteiger partial charge < -0.3 is 19.4 Å². The standard InChI is InChI=1S/C23H29N5O.HI/c1-18-7-6-14-28-17-19(26-22(18)28)10-13-25-23(24-2)27-15-11-21(12-16-27)29-20-8-4-3-5-9-20;/h3-9,14,17,21H,10-13,15-16H2,1-2H3,(H,24,25);1H. The Labute approximate surface area is 195 Å². The Morgan fingerprint density at radius 2 is 1.93 bits per heavy atom. The molecule has 4 rings (SSSR count). The van der Waals surface area contributed by atoms with Gasteiger partial charge >= 0.3 is 0 Å². The van der Waals surface area contributed by atoms with E-state index in [9.17, 15) is 0 Å². The molecule has 7 heteroatoms. The molecule has 1 N–H and O–H groups in total. The molecule has 6 nitrogen and oxygen atoms in total. The summed E-state index contributed by atoms with van der Waals surface area (Å²) in [7, 11) is 1.85. The van der Waals surface area contributed by atoms with E-state index >= 15 is 0 Å². The van der Waals surface area contributed by atoms with Crippen molar-refractivity contribution in [3.05, 3.63) is 66.1 Å². The lowest BCUT2D eigenvalue weighted by Crippen LogP contribution is -2.47. The lowest BCUT2D eigenvalue weighted by Gasteiger charge is -2.34. The summed E-state index contributed by atoms with van der Waals surface area (Å²) in [4.78, 5) is 11.5. The molecule has 3 aromatic rings. The van der Waals surface area contributed by atoms with Crippen LogP contribution in [0.3, 0.4) is 0 Å². The van der Waals surface area contributed by atoms with E-state index in [1.54, 1.807) is 0 Å². The van der Waals surface area contributed by atoms with Gasteiger partial charge in [0.2, 0.25) is 0 Å². The maximum absolute atomic E-state index is 6.10. The summed E-state index contributed by atoms with van der Waals surface area (Å²) in [6.07, 6.45) is 7.30. The molecular formula is C23H30IN5O. The number of imidazole rings is 1. The van der Waals surface area contributed by atoms with Crippen molar-refractivity contribution < 1.29 is 4.74 Å². The topological polar surface area (TPSA) is 54.2 Å². The predicted molar refractivity (Wildman–Crippen MR) is 132 cm³/mol. The number of likely N-dealkylation sites (tertiary alicyclic amines) is 1. The number of guanidine groups is 1. The van der Waals surface area contributed by atoms with Gasteiger partial charge in [0.25, 0.3) is 0 Å². The summed E-state index contributed by atoms with van der Waals surface area (Å²) in [5.41, 5.74) is 3.33. The maximum atomic E-state index is 6.10. The number of aryl methyl sites for hydroxylation is 1. The minimum absolute atomic E-state index is 0. The van der Waals surface area contributed by atoms with Crippen LogP contribution >= 0.6 is 24.0 Å². The number of benzene rings is 1. The number of para-hydroxylation sites is 1. The number of aliphatic imine (C=N–C) groups is 1. The Morgan fingerprint density at radius 1 is 1.17 bits per heavy atom. The molecule has 1 aliphatic heterocycles. The highest BCUT2D eigenvalue weighted by molar-refractivity contribution is 14.0. The average molecular weight is 519 g/mol. The number of piperidine rings is 1. The molecule has 30 heavy (non-hydrogen) atoms. The van der Waals surface area contributed by atoms with Gasteiger partial charge in [0.05, 0.1) is 5.69 Å². The minimum atomic E-state index is 0. The zero-order valence-electron chi connectivity index (χ0n) is 17.6. The van der Waals surface area contributed by atoms with Crippen molar-refractivity contribution in [1.82, 2.24) is 19.6 Å². The molecule has 2 aromatic heterocycles. The van der Waals surface area contributed by atoms with Crippen LogP contribution < -0.4 is 10.1 Å². The van der Waals surface area contributed by atoms with Crippen LogP contribution in [0, 0.1) is 6.92 Å². The van der Waals surface area contributed by atoms with Crippen molar-refractivity contribution in [2.45, 2.75) is 32.3 Å². The van der Waals surface area contributed by atoms with E-state index in [-0.39, 0.29) is 30.1 Å². The number of pyridine rings is 1. The molecule has 1 aromatic carbocycles. The molecule has 1 fully saturated rings. The number of nitrogens with zero attached hydrogens (tertiary/aromatic N) is 4. The van der Waals surface area contributed by atoms with Crippen molar-refractivity contribution in [3.8, 4) is 5.75 Å². The zero-order chi connectivity index (χ0) is 20.1. The van der Waals surface area contributed by atoms with Gasteiger partial charge in [-0.1, -0.05) is 24.3 Å². The highest BCUT2D eigenvalue weighted by atomic mass is 127. The molecule has 1 saturated heterocycles. The fourth-order valence-electron chi connectivity index (χ4n) is 3.84. The van der Waals surface area contributed by atoms with Crippen molar-refractivity contribution in [2.75, 3.05) is 26.7 Å². The largest absolute Gasteiger partial charge is 0.490 e. The Morgan fingerprint density at radius 3 is 2.63 bits per heavy atom. The molecule has 160 valence electrons. The first-order chi connectivity index (χ1) is 14.2. The van der Waals surface area contributed by atoms with Crippen LogP contribution in [0.4, 0.5) is 0 Å². The summed E-state index contributed by atoms with van der Waals surface area (Å²) in [5, 5.41) is 3.50. The van der Waals surface area contributed by atoms with Crippen LogP contribution in [-0.4, -0.2) is 53.0 Å². The van der Waals surface area contributed by atoms with Crippen LogP contribution in [0.5, 0.6) is 5.75 Å². The first-order valence-electron chi connectivity index (χ1n) is 10.3. The van der Waals surface area contributed by atoms with E-state index in [0.717, 1.165) is 61.9 Å². The molecule has 0 unspecified atom stereocenters. The molecular weight excluding hydrogens is 489 g/mol. The molecule has 0 radical (unpaired) electrons. The first-order valence-corrected chi connectivity index (χ1v) is 10.3. The van der Waals surface area contributed by atoms with Gasteiger partial charge in [-0.2, -0.15) is 0 Å². The van der Waals surface area contributed by atoms with Crippen molar-refractivity contribution in [1.29, 1.82) is 0 Å². The van der Waals surface area contributed by atoms with E-state index in [0.29, 0.717) is 0 Å². The number of halogens is 1. The lowest BCUT2D eigenvalue weighted by atomic mass is 10.1. The molecule has 1 aliphatic rings. The normalized spacial score (nSPS) is 15.1. The SMILES string of the molecule is CN=C(NCCc1cn2cccc(C)c2n1)N1CCC(Oc2ccccc2)CC1.I. The zero-order valence-corrected chi connectivity index (χ0v) is 20.0. The average Bonchev–Trinajstić information content (AvgIpc) is 3.17. The third-order valence-electron chi connectivity index (χ3n) is 5.39. The summed E-state index contributed by atoms with van der Waals surface area (Å²) in [6, 6.07) is 14.2. The molecule has 0 atom stereocenters. The van der Waals surface area contributed by atoms with Crippen molar-refractivity contribution in [2.24, 2.45) is 4.99 Å². The lowest BCUT2D eigenvalue weighted by molar-refractivity contribution is 0.129. The van der Waals surface area contributed by atoms with Gasteiger partial charge in [-0.3, -0.25) is 4.99 Å². The molecule has 0 spiro atoms. The van der Waals surface area contributed by atoms with Crippen LogP contribution in [0.15, 0.2) is 59.9 Å². The Bertz CT molecular complexity index is 964. The van der Waals surface area contributed by atoms with Crippen molar-refractivity contribution in [3.63, 3.8) is 0 Å². The highest BCUT2D eigenvalue weighted by Gasteiger charge is 2.22. The predicted octanol–water partition coefficient (Wildman–Crippen LogP) is 3.92. The minimum Gasteiger partial charge on any atom is -0.490 e. The third kappa shape index (κ3) is 5.44. The van der Waals surface area contributed by atoms with Gasteiger partial charge in [-0.05, 0) is 30.7 Å². The fraction of sp³-hybridized carbons (Fsp3) is 0.391. The van der Waals surface area contributed by atoms with Gasteiger partial charge in [-0.25, -0.2) is 4.98 Å². The first kappa shape index (κ1) is 22.4. The Hall–Kier alpha value is -2.29. The van der Waals surface area contributed by atoms with Gasteiger partial charge in [-0.15, -0.1) is 24.0 Å². The van der Waals surface area contributed by atoms with E-state index in [1.807, 2.05) is 43.6 Å². The van der Waals surface area contributed by atoms with Gasteiger partial charge in [0.1, 0.15) is 17.5 Å².